The van der Waals surface area contributed by atoms with Gasteiger partial charge in [-0.1, -0.05) is 13.3 Å². The highest BCUT2D eigenvalue weighted by molar-refractivity contribution is 5.85. The minimum Gasteiger partial charge on any atom is -0.478 e. The fraction of sp³-hybridized carbons (Fsp3) is 0.438. The van der Waals surface area contributed by atoms with Crippen molar-refractivity contribution in [3.05, 3.63) is 41.2 Å². The zero-order valence-electron chi connectivity index (χ0n) is 12.2. The number of benzene rings is 1. The number of carboxylic acids is 1. The van der Waals surface area contributed by atoms with E-state index >= 15 is 0 Å². The highest BCUT2D eigenvalue weighted by Gasteiger charge is 2.00. The van der Waals surface area contributed by atoms with E-state index in [4.69, 9.17) is 14.6 Å². The van der Waals surface area contributed by atoms with Crippen molar-refractivity contribution in [2.75, 3.05) is 19.8 Å². The van der Waals surface area contributed by atoms with E-state index in [-0.39, 0.29) is 6.61 Å². The van der Waals surface area contributed by atoms with Gasteiger partial charge in [0.15, 0.2) is 0 Å². The molecule has 1 N–H and O–H groups in total. The SMILES string of the molecule is CCCCOCCOCc1cc(F)cc(C=CC(=O)O)c1. The molecule has 0 saturated heterocycles. The van der Waals surface area contributed by atoms with Crippen LogP contribution in [0.2, 0.25) is 0 Å². The van der Waals surface area contributed by atoms with Crippen LogP contribution in [0.5, 0.6) is 0 Å². The minimum atomic E-state index is -1.07. The topological polar surface area (TPSA) is 55.8 Å². The molecule has 0 unspecified atom stereocenters. The zero-order chi connectivity index (χ0) is 15.5. The third-order valence-electron chi connectivity index (χ3n) is 2.68. The molecular formula is C16H21FO4. The lowest BCUT2D eigenvalue weighted by molar-refractivity contribution is -0.131. The molecule has 0 aliphatic carbocycles. The quantitative estimate of drug-likeness (QED) is 0.532. The monoisotopic (exact) mass is 296 g/mol. The van der Waals surface area contributed by atoms with E-state index in [9.17, 15) is 9.18 Å². The molecule has 0 aliphatic rings. The van der Waals surface area contributed by atoms with E-state index in [1.165, 1.54) is 18.2 Å². The van der Waals surface area contributed by atoms with E-state index < -0.39 is 11.8 Å². The predicted molar refractivity (Wildman–Crippen MR) is 78.5 cm³/mol. The summed E-state index contributed by atoms with van der Waals surface area (Å²) in [7, 11) is 0. The van der Waals surface area contributed by atoms with Crippen LogP contribution in [0.1, 0.15) is 30.9 Å². The molecule has 5 heteroatoms. The first-order valence-corrected chi connectivity index (χ1v) is 6.97. The standard InChI is InChI=1S/C16H21FO4/c1-2-3-6-20-7-8-21-12-14-9-13(4-5-16(18)19)10-15(17)11-14/h4-5,9-11H,2-3,6-8,12H2,1H3,(H,18,19). The van der Waals surface area contributed by atoms with Gasteiger partial charge in [0.25, 0.3) is 0 Å². The summed E-state index contributed by atoms with van der Waals surface area (Å²) in [6, 6.07) is 4.34. The van der Waals surface area contributed by atoms with Crippen LogP contribution in [0.25, 0.3) is 6.08 Å². The fourth-order valence-electron chi connectivity index (χ4n) is 1.68. The number of rotatable bonds is 10. The molecular weight excluding hydrogens is 275 g/mol. The van der Waals surface area contributed by atoms with Crippen molar-refractivity contribution in [1.82, 2.24) is 0 Å². The Morgan fingerprint density at radius 2 is 2.00 bits per heavy atom. The highest BCUT2D eigenvalue weighted by atomic mass is 19.1. The summed E-state index contributed by atoms with van der Waals surface area (Å²) in [6.45, 7) is 4.05. The van der Waals surface area contributed by atoms with Gasteiger partial charge in [-0.2, -0.15) is 0 Å². The third kappa shape index (κ3) is 8.22. The Labute approximate surface area is 124 Å². The van der Waals surface area contributed by atoms with E-state index in [2.05, 4.69) is 6.92 Å². The number of halogens is 1. The molecule has 0 bridgehead atoms. The van der Waals surface area contributed by atoms with Gasteiger partial charge >= 0.3 is 5.97 Å². The smallest absolute Gasteiger partial charge is 0.328 e. The van der Waals surface area contributed by atoms with Gasteiger partial charge < -0.3 is 14.6 Å². The largest absolute Gasteiger partial charge is 0.478 e. The van der Waals surface area contributed by atoms with Crippen LogP contribution in [0, 0.1) is 5.82 Å². The molecule has 0 spiro atoms. The number of hydrogen-bond acceptors (Lipinski definition) is 3. The van der Waals surface area contributed by atoms with E-state index in [1.54, 1.807) is 6.07 Å². The van der Waals surface area contributed by atoms with Crippen LogP contribution < -0.4 is 0 Å². The average Bonchev–Trinajstić information content (AvgIpc) is 2.44. The molecule has 4 nitrogen and oxygen atoms in total. The molecule has 0 heterocycles. The Balaban J connectivity index is 2.39. The van der Waals surface area contributed by atoms with Gasteiger partial charge in [-0.25, -0.2) is 9.18 Å². The first-order valence-electron chi connectivity index (χ1n) is 6.97. The predicted octanol–water partition coefficient (Wildman–Crippen LogP) is 3.26. The van der Waals surface area contributed by atoms with Gasteiger partial charge in [-0.05, 0) is 41.8 Å². The van der Waals surface area contributed by atoms with Crippen molar-refractivity contribution in [1.29, 1.82) is 0 Å². The Kier molecular flexibility index (Phi) is 8.31. The zero-order valence-corrected chi connectivity index (χ0v) is 12.2. The third-order valence-corrected chi connectivity index (χ3v) is 2.68. The summed E-state index contributed by atoms with van der Waals surface area (Å²) in [4.78, 5) is 10.4. The summed E-state index contributed by atoms with van der Waals surface area (Å²) in [6.07, 6.45) is 4.45. The van der Waals surface area contributed by atoms with Gasteiger partial charge in [0.2, 0.25) is 0 Å². The average molecular weight is 296 g/mol. The summed E-state index contributed by atoms with van der Waals surface area (Å²) in [5.41, 5.74) is 1.16. The second-order valence-electron chi connectivity index (χ2n) is 4.58. The molecule has 1 aromatic carbocycles. The number of carboxylic acid groups (broad SMARTS) is 1. The van der Waals surface area contributed by atoms with Crippen molar-refractivity contribution in [3.8, 4) is 0 Å². The lowest BCUT2D eigenvalue weighted by Gasteiger charge is -2.06. The van der Waals surface area contributed by atoms with Crippen LogP contribution in [0.3, 0.4) is 0 Å². The minimum absolute atomic E-state index is 0.267. The van der Waals surface area contributed by atoms with Gasteiger partial charge in [-0.3, -0.25) is 0 Å². The number of ether oxygens (including phenoxy) is 2. The molecule has 116 valence electrons. The number of hydrogen-bond donors (Lipinski definition) is 1. The molecule has 0 aromatic heterocycles. The number of aliphatic carboxylic acids is 1. The van der Waals surface area contributed by atoms with E-state index in [1.807, 2.05) is 0 Å². The lowest BCUT2D eigenvalue weighted by atomic mass is 10.1. The van der Waals surface area contributed by atoms with Crippen molar-refractivity contribution in [3.63, 3.8) is 0 Å². The van der Waals surface area contributed by atoms with Gasteiger partial charge in [-0.15, -0.1) is 0 Å². The maximum Gasteiger partial charge on any atom is 0.328 e. The molecule has 0 fully saturated rings. The van der Waals surface area contributed by atoms with Crippen LogP contribution in [-0.4, -0.2) is 30.9 Å². The van der Waals surface area contributed by atoms with Crippen molar-refractivity contribution in [2.45, 2.75) is 26.4 Å². The van der Waals surface area contributed by atoms with Crippen molar-refractivity contribution < 1.29 is 23.8 Å². The molecule has 0 aliphatic heterocycles. The molecule has 1 aromatic rings. The lowest BCUT2D eigenvalue weighted by Crippen LogP contribution is -2.05. The summed E-state index contributed by atoms with van der Waals surface area (Å²) in [5.74, 6) is -1.48. The second kappa shape index (κ2) is 10.1. The molecule has 0 saturated carbocycles. The Bertz CT molecular complexity index is 471. The van der Waals surface area contributed by atoms with Gasteiger partial charge in [0, 0.05) is 12.7 Å². The van der Waals surface area contributed by atoms with Crippen LogP contribution in [0.4, 0.5) is 4.39 Å². The van der Waals surface area contributed by atoms with Crippen LogP contribution >= 0.6 is 0 Å². The van der Waals surface area contributed by atoms with Crippen LogP contribution in [0.15, 0.2) is 24.3 Å². The Morgan fingerprint density at radius 1 is 1.24 bits per heavy atom. The molecule has 21 heavy (non-hydrogen) atoms. The van der Waals surface area contributed by atoms with Gasteiger partial charge in [0.05, 0.1) is 19.8 Å². The maximum absolute atomic E-state index is 13.4. The van der Waals surface area contributed by atoms with Crippen molar-refractivity contribution in [2.24, 2.45) is 0 Å². The first-order chi connectivity index (χ1) is 10.1. The van der Waals surface area contributed by atoms with Crippen molar-refractivity contribution >= 4 is 12.0 Å². The molecule has 1 rings (SSSR count). The second-order valence-corrected chi connectivity index (χ2v) is 4.58. The maximum atomic E-state index is 13.4. The molecule has 0 radical (unpaired) electrons. The normalized spacial score (nSPS) is 11.1. The number of carbonyl (C=O) groups is 1. The Morgan fingerprint density at radius 3 is 2.71 bits per heavy atom. The molecule has 0 amide bonds. The summed E-state index contributed by atoms with van der Waals surface area (Å²) < 4.78 is 24.2. The summed E-state index contributed by atoms with van der Waals surface area (Å²) >= 11 is 0. The van der Waals surface area contributed by atoms with Crippen LogP contribution in [-0.2, 0) is 20.9 Å². The first kappa shape index (κ1) is 17.3. The Hall–Kier alpha value is -1.72. The van der Waals surface area contributed by atoms with E-state index in [0.29, 0.717) is 24.3 Å². The highest BCUT2D eigenvalue weighted by Crippen LogP contribution is 2.12. The molecule has 0 atom stereocenters. The fourth-order valence-corrected chi connectivity index (χ4v) is 1.68. The summed E-state index contributed by atoms with van der Waals surface area (Å²) in [5, 5.41) is 8.56. The number of unbranched alkanes of at least 4 members (excludes halogenated alkanes) is 1. The van der Waals surface area contributed by atoms with E-state index in [0.717, 1.165) is 25.5 Å². The van der Waals surface area contributed by atoms with Gasteiger partial charge in [0.1, 0.15) is 5.82 Å².